The quantitative estimate of drug-likeness (QED) is 0.664. The van der Waals surface area contributed by atoms with E-state index < -0.39 is 18.0 Å². The molecule has 2 atom stereocenters. The van der Waals surface area contributed by atoms with Crippen molar-refractivity contribution in [2.24, 2.45) is 0 Å². The van der Waals surface area contributed by atoms with Gasteiger partial charge in [0.1, 0.15) is 12.4 Å². The van der Waals surface area contributed by atoms with E-state index in [1.54, 1.807) is 29.1 Å². The Morgan fingerprint density at radius 2 is 1.86 bits per heavy atom. The van der Waals surface area contributed by atoms with Crippen molar-refractivity contribution >= 4 is 23.6 Å². The van der Waals surface area contributed by atoms with Crippen LogP contribution < -0.4 is 10.6 Å². The molecule has 0 radical (unpaired) electrons. The monoisotopic (exact) mass is 400 g/mol. The molecule has 0 fully saturated rings. The fourth-order valence-electron chi connectivity index (χ4n) is 2.59. The van der Waals surface area contributed by atoms with E-state index in [4.69, 9.17) is 4.74 Å². The lowest BCUT2D eigenvalue weighted by atomic mass is 10.1. The van der Waals surface area contributed by atoms with Gasteiger partial charge in [-0.25, -0.2) is 4.68 Å². The molecule has 8 nitrogen and oxygen atoms in total. The molecule has 2 aromatic rings. The number of carbonyl (C=O) groups excluding carboxylic acids is 3. The summed E-state index contributed by atoms with van der Waals surface area (Å²) in [7, 11) is 0. The number of nitrogens with zero attached hydrogens (tertiary/aromatic N) is 2. The summed E-state index contributed by atoms with van der Waals surface area (Å²) >= 11 is 0. The molecule has 0 saturated heterocycles. The predicted octanol–water partition coefficient (Wildman–Crippen LogP) is 2.77. The van der Waals surface area contributed by atoms with Crippen LogP contribution in [0.3, 0.4) is 0 Å². The van der Waals surface area contributed by atoms with Crippen LogP contribution >= 0.6 is 0 Å². The van der Waals surface area contributed by atoms with Crippen LogP contribution in [0.5, 0.6) is 0 Å². The van der Waals surface area contributed by atoms with E-state index in [9.17, 15) is 14.4 Å². The molecule has 0 bridgehead atoms. The third-order valence-corrected chi connectivity index (χ3v) is 4.77. The van der Waals surface area contributed by atoms with Gasteiger partial charge in [-0.1, -0.05) is 13.0 Å². The molecule has 0 aliphatic rings. The maximum Gasteiger partial charge on any atom is 0.326 e. The largest absolute Gasteiger partial charge is 0.451 e. The van der Waals surface area contributed by atoms with E-state index in [-0.39, 0.29) is 18.5 Å². The van der Waals surface area contributed by atoms with E-state index in [0.29, 0.717) is 11.4 Å². The standard InChI is InChI=1S/C21H28N4O4/c1-6-15(4)25-18(9-10-23-25)24-20(27)16(5)29-19(26)12-22-21(28)17-8-7-13(2)14(3)11-17/h7-11,15-16H,6,12H2,1-5H3,(H,22,28)(H,24,27)/t15-,16-/m0/s1. The van der Waals surface area contributed by atoms with Crippen LogP contribution in [0.25, 0.3) is 0 Å². The maximum absolute atomic E-state index is 12.3. The Hall–Kier alpha value is -3.16. The Morgan fingerprint density at radius 1 is 1.14 bits per heavy atom. The summed E-state index contributed by atoms with van der Waals surface area (Å²) in [5.41, 5.74) is 2.53. The van der Waals surface area contributed by atoms with Crippen molar-refractivity contribution in [3.63, 3.8) is 0 Å². The number of amides is 2. The zero-order chi connectivity index (χ0) is 21.6. The average molecular weight is 400 g/mol. The zero-order valence-electron chi connectivity index (χ0n) is 17.5. The summed E-state index contributed by atoms with van der Waals surface area (Å²) in [6.07, 6.45) is 1.44. The molecule has 2 N–H and O–H groups in total. The summed E-state index contributed by atoms with van der Waals surface area (Å²) in [4.78, 5) is 36.5. The van der Waals surface area contributed by atoms with Crippen LogP contribution in [0.4, 0.5) is 5.82 Å². The number of esters is 1. The van der Waals surface area contributed by atoms with Gasteiger partial charge >= 0.3 is 5.97 Å². The molecular formula is C21H28N4O4. The van der Waals surface area contributed by atoms with Gasteiger partial charge in [0, 0.05) is 11.6 Å². The topological polar surface area (TPSA) is 102 Å². The van der Waals surface area contributed by atoms with E-state index in [1.807, 2.05) is 33.8 Å². The highest BCUT2D eigenvalue weighted by Crippen LogP contribution is 2.16. The van der Waals surface area contributed by atoms with Gasteiger partial charge in [0.2, 0.25) is 0 Å². The van der Waals surface area contributed by atoms with Crippen molar-refractivity contribution < 1.29 is 19.1 Å². The Morgan fingerprint density at radius 3 is 2.52 bits per heavy atom. The number of hydrogen-bond acceptors (Lipinski definition) is 5. The highest BCUT2D eigenvalue weighted by atomic mass is 16.5. The summed E-state index contributed by atoms with van der Waals surface area (Å²) in [6, 6.07) is 7.10. The van der Waals surface area contributed by atoms with Crippen LogP contribution in [0.1, 0.15) is 54.7 Å². The fourth-order valence-corrected chi connectivity index (χ4v) is 2.59. The fraction of sp³-hybridized carbons (Fsp3) is 0.429. The highest BCUT2D eigenvalue weighted by molar-refractivity contribution is 5.97. The SMILES string of the molecule is CC[C@H](C)n1nccc1NC(=O)[C@H](C)OC(=O)CNC(=O)c1ccc(C)c(C)c1. The number of rotatable bonds is 8. The average Bonchev–Trinajstić information content (AvgIpc) is 3.15. The van der Waals surface area contributed by atoms with Gasteiger partial charge < -0.3 is 15.4 Å². The Kier molecular flexibility index (Phi) is 7.52. The van der Waals surface area contributed by atoms with Gasteiger partial charge in [-0.2, -0.15) is 5.10 Å². The van der Waals surface area contributed by atoms with Crippen molar-refractivity contribution in [2.45, 2.75) is 53.2 Å². The molecular weight excluding hydrogens is 372 g/mol. The zero-order valence-corrected chi connectivity index (χ0v) is 17.5. The first-order valence-electron chi connectivity index (χ1n) is 9.62. The van der Waals surface area contributed by atoms with E-state index in [1.165, 1.54) is 6.92 Å². The molecule has 29 heavy (non-hydrogen) atoms. The molecule has 2 rings (SSSR count). The second-order valence-electron chi connectivity index (χ2n) is 7.02. The van der Waals surface area contributed by atoms with Gasteiger partial charge in [0.25, 0.3) is 11.8 Å². The van der Waals surface area contributed by atoms with Gasteiger partial charge in [-0.15, -0.1) is 0 Å². The predicted molar refractivity (Wildman–Crippen MR) is 110 cm³/mol. The van der Waals surface area contributed by atoms with Crippen LogP contribution in [0.15, 0.2) is 30.5 Å². The highest BCUT2D eigenvalue weighted by Gasteiger charge is 2.20. The van der Waals surface area contributed by atoms with Crippen molar-refractivity contribution in [2.75, 3.05) is 11.9 Å². The van der Waals surface area contributed by atoms with Crippen LogP contribution in [0, 0.1) is 13.8 Å². The Labute approximate surface area is 170 Å². The lowest BCUT2D eigenvalue weighted by molar-refractivity contribution is -0.152. The molecule has 2 amide bonds. The number of hydrogen-bond donors (Lipinski definition) is 2. The smallest absolute Gasteiger partial charge is 0.326 e. The van der Waals surface area contributed by atoms with Gasteiger partial charge in [-0.3, -0.25) is 14.4 Å². The summed E-state index contributed by atoms with van der Waals surface area (Å²) < 4.78 is 6.83. The van der Waals surface area contributed by atoms with Gasteiger partial charge in [0.05, 0.1) is 12.2 Å². The number of benzene rings is 1. The minimum Gasteiger partial charge on any atom is -0.451 e. The van der Waals surface area contributed by atoms with Crippen molar-refractivity contribution in [3.05, 3.63) is 47.2 Å². The van der Waals surface area contributed by atoms with Crippen molar-refractivity contribution in [1.82, 2.24) is 15.1 Å². The summed E-state index contributed by atoms with van der Waals surface area (Å²) in [5, 5.41) is 9.41. The van der Waals surface area contributed by atoms with Crippen molar-refractivity contribution in [1.29, 1.82) is 0 Å². The maximum atomic E-state index is 12.3. The molecule has 0 spiro atoms. The van der Waals surface area contributed by atoms with Crippen LogP contribution in [0.2, 0.25) is 0 Å². The molecule has 8 heteroatoms. The summed E-state index contributed by atoms with van der Waals surface area (Å²) in [5.74, 6) is -1.00. The molecule has 1 aromatic heterocycles. The van der Waals surface area contributed by atoms with E-state index in [0.717, 1.165) is 17.5 Å². The van der Waals surface area contributed by atoms with Crippen LogP contribution in [-0.2, 0) is 14.3 Å². The van der Waals surface area contributed by atoms with Crippen molar-refractivity contribution in [3.8, 4) is 0 Å². The normalized spacial score (nSPS) is 12.7. The molecule has 0 unspecified atom stereocenters. The van der Waals surface area contributed by atoms with Crippen LogP contribution in [-0.4, -0.2) is 40.2 Å². The van der Waals surface area contributed by atoms with E-state index >= 15 is 0 Å². The molecule has 156 valence electrons. The molecule has 1 aromatic carbocycles. The third kappa shape index (κ3) is 5.91. The lowest BCUT2D eigenvalue weighted by Crippen LogP contribution is -2.36. The molecule has 0 aliphatic heterocycles. The number of aromatic nitrogens is 2. The number of aryl methyl sites for hydroxylation is 2. The molecule has 1 heterocycles. The lowest BCUT2D eigenvalue weighted by Gasteiger charge is -2.17. The van der Waals surface area contributed by atoms with E-state index in [2.05, 4.69) is 15.7 Å². The minimum absolute atomic E-state index is 0.124. The molecule has 0 saturated carbocycles. The number of nitrogens with one attached hydrogen (secondary N) is 2. The first kappa shape index (κ1) is 22.1. The Bertz CT molecular complexity index is 891. The first-order valence-corrected chi connectivity index (χ1v) is 9.62. The van der Waals surface area contributed by atoms with Gasteiger partial charge in [0.15, 0.2) is 6.10 Å². The number of ether oxygens (including phenoxy) is 1. The third-order valence-electron chi connectivity index (χ3n) is 4.77. The number of anilines is 1. The minimum atomic E-state index is -1.01. The second kappa shape index (κ2) is 9.86. The summed E-state index contributed by atoms with van der Waals surface area (Å²) in [6.45, 7) is 9.03. The molecule has 0 aliphatic carbocycles. The first-order chi connectivity index (χ1) is 13.7. The number of carbonyl (C=O) groups is 3. The second-order valence-corrected chi connectivity index (χ2v) is 7.02. The van der Waals surface area contributed by atoms with Gasteiger partial charge in [-0.05, 0) is 57.4 Å². The Balaban J connectivity index is 1.85.